The number of piperidine rings is 1. The van der Waals surface area contributed by atoms with Crippen molar-refractivity contribution in [3.05, 3.63) is 54.1 Å². The Kier molecular flexibility index (Phi) is 4.95. The topological polar surface area (TPSA) is 59.4 Å². The van der Waals surface area contributed by atoms with E-state index in [-0.39, 0.29) is 0 Å². The van der Waals surface area contributed by atoms with Gasteiger partial charge in [-0.15, -0.1) is 0 Å². The van der Waals surface area contributed by atoms with E-state index in [4.69, 9.17) is 5.73 Å². The third-order valence-corrected chi connectivity index (χ3v) is 4.36. The van der Waals surface area contributed by atoms with Crippen LogP contribution in [0.5, 0.6) is 0 Å². The van der Waals surface area contributed by atoms with Crippen LogP contribution >= 0.6 is 0 Å². The van der Waals surface area contributed by atoms with Crippen molar-refractivity contribution in [1.29, 1.82) is 0 Å². The van der Waals surface area contributed by atoms with Gasteiger partial charge in [0.1, 0.15) is 12.4 Å². The molecule has 2 N–H and O–H groups in total. The number of guanidine groups is 1. The van der Waals surface area contributed by atoms with E-state index in [2.05, 4.69) is 50.6 Å². The van der Waals surface area contributed by atoms with E-state index in [1.807, 2.05) is 18.5 Å². The average molecular weight is 311 g/mol. The van der Waals surface area contributed by atoms with Crippen molar-refractivity contribution >= 4 is 5.96 Å². The number of aromatic nitrogens is 2. The Morgan fingerprint density at radius 1 is 1.35 bits per heavy atom. The highest BCUT2D eigenvalue weighted by atomic mass is 15.3. The van der Waals surface area contributed by atoms with Crippen LogP contribution in [0.25, 0.3) is 0 Å². The molecule has 0 spiro atoms. The smallest absolute Gasteiger partial charge is 0.191 e. The van der Waals surface area contributed by atoms with Crippen LogP contribution in [-0.2, 0) is 13.1 Å². The number of hydrogen-bond donors (Lipinski definition) is 1. The fraction of sp³-hybridized carbons (Fsp3) is 0.444. The molecule has 0 amide bonds. The molecule has 23 heavy (non-hydrogen) atoms. The summed E-state index contributed by atoms with van der Waals surface area (Å²) in [5, 5.41) is 0. The second kappa shape index (κ2) is 7.31. The van der Waals surface area contributed by atoms with E-state index in [9.17, 15) is 0 Å². The van der Waals surface area contributed by atoms with Gasteiger partial charge in [-0.3, -0.25) is 0 Å². The lowest BCUT2D eigenvalue weighted by Gasteiger charge is -2.31. The monoisotopic (exact) mass is 311 g/mol. The summed E-state index contributed by atoms with van der Waals surface area (Å²) in [5.74, 6) is 2.28. The third-order valence-electron chi connectivity index (χ3n) is 4.36. The van der Waals surface area contributed by atoms with E-state index >= 15 is 0 Å². The summed E-state index contributed by atoms with van der Waals surface area (Å²) in [4.78, 5) is 11.2. The van der Waals surface area contributed by atoms with Crippen LogP contribution in [0.4, 0.5) is 0 Å². The number of likely N-dealkylation sites (tertiary alicyclic amines) is 1. The van der Waals surface area contributed by atoms with Crippen molar-refractivity contribution in [3.8, 4) is 0 Å². The van der Waals surface area contributed by atoms with Crippen LogP contribution in [-0.4, -0.2) is 33.5 Å². The Balaban J connectivity index is 1.64. The van der Waals surface area contributed by atoms with Gasteiger partial charge in [-0.25, -0.2) is 9.98 Å². The van der Waals surface area contributed by atoms with Gasteiger partial charge in [-0.1, -0.05) is 37.3 Å². The summed E-state index contributed by atoms with van der Waals surface area (Å²) < 4.78 is 2.13. The fourth-order valence-electron chi connectivity index (χ4n) is 3.06. The van der Waals surface area contributed by atoms with Gasteiger partial charge in [-0.05, 0) is 24.3 Å². The minimum atomic E-state index is 0.524. The van der Waals surface area contributed by atoms with E-state index in [0.29, 0.717) is 18.4 Å². The Morgan fingerprint density at radius 3 is 2.96 bits per heavy atom. The van der Waals surface area contributed by atoms with Crippen molar-refractivity contribution in [2.45, 2.75) is 32.9 Å². The summed E-state index contributed by atoms with van der Waals surface area (Å²) in [6, 6.07) is 10.4. The molecule has 3 rings (SSSR count). The van der Waals surface area contributed by atoms with Crippen LogP contribution in [0.3, 0.4) is 0 Å². The molecule has 1 aliphatic rings. The Morgan fingerprint density at radius 2 is 2.17 bits per heavy atom. The number of hydrogen-bond acceptors (Lipinski definition) is 2. The van der Waals surface area contributed by atoms with Gasteiger partial charge in [-0.2, -0.15) is 0 Å². The van der Waals surface area contributed by atoms with Gasteiger partial charge >= 0.3 is 0 Å². The molecule has 1 aromatic heterocycles. The Bertz CT molecular complexity index is 646. The van der Waals surface area contributed by atoms with Gasteiger partial charge in [0.05, 0.1) is 0 Å². The molecule has 122 valence electrons. The number of benzene rings is 1. The standard InChI is InChI=1S/C18H25N5/c1-15-6-5-10-23(13-15)18(19)21-12-17-20-9-11-22(17)14-16-7-3-2-4-8-16/h2-4,7-9,11,15H,5-6,10,12-14H2,1H3,(H2,19,21). The molecule has 0 bridgehead atoms. The van der Waals surface area contributed by atoms with E-state index in [0.717, 1.165) is 25.5 Å². The van der Waals surface area contributed by atoms with Crippen LogP contribution in [0.15, 0.2) is 47.7 Å². The molecule has 5 nitrogen and oxygen atoms in total. The third kappa shape index (κ3) is 4.12. The molecule has 0 aliphatic carbocycles. The SMILES string of the molecule is CC1CCCN(C(N)=NCc2nccn2Cc2ccccc2)C1. The molecule has 2 aromatic rings. The lowest BCUT2D eigenvalue weighted by molar-refractivity contribution is 0.270. The molecule has 1 atom stereocenters. The minimum Gasteiger partial charge on any atom is -0.370 e. The van der Waals surface area contributed by atoms with Gasteiger partial charge in [0, 0.05) is 32.0 Å². The molecule has 1 aromatic carbocycles. The van der Waals surface area contributed by atoms with Gasteiger partial charge in [0.15, 0.2) is 5.96 Å². The van der Waals surface area contributed by atoms with Crippen molar-refractivity contribution < 1.29 is 0 Å². The maximum absolute atomic E-state index is 6.17. The van der Waals surface area contributed by atoms with Crippen molar-refractivity contribution in [1.82, 2.24) is 14.5 Å². The zero-order valence-corrected chi connectivity index (χ0v) is 13.7. The highest BCUT2D eigenvalue weighted by molar-refractivity contribution is 5.78. The summed E-state index contributed by atoms with van der Waals surface area (Å²) in [7, 11) is 0. The van der Waals surface area contributed by atoms with Crippen LogP contribution < -0.4 is 5.73 Å². The van der Waals surface area contributed by atoms with Crippen LogP contribution in [0.2, 0.25) is 0 Å². The second-order valence-corrected chi connectivity index (χ2v) is 6.32. The van der Waals surface area contributed by atoms with Crippen molar-refractivity contribution in [2.24, 2.45) is 16.6 Å². The normalized spacial score (nSPS) is 19.1. The number of aliphatic imine (C=N–C) groups is 1. The second-order valence-electron chi connectivity index (χ2n) is 6.32. The number of nitrogens with two attached hydrogens (primary N) is 1. The molecule has 0 radical (unpaired) electrons. The molecular formula is C18H25N5. The molecule has 5 heteroatoms. The van der Waals surface area contributed by atoms with Gasteiger partial charge < -0.3 is 15.2 Å². The summed E-state index contributed by atoms with van der Waals surface area (Å²) in [6.07, 6.45) is 6.30. The Labute approximate surface area is 137 Å². The van der Waals surface area contributed by atoms with E-state index in [1.54, 1.807) is 0 Å². The molecule has 1 fully saturated rings. The number of imidazole rings is 1. The lowest BCUT2D eigenvalue weighted by atomic mass is 10.0. The zero-order chi connectivity index (χ0) is 16.1. The summed E-state index contributed by atoms with van der Waals surface area (Å²) in [5.41, 5.74) is 7.43. The minimum absolute atomic E-state index is 0.524. The highest BCUT2D eigenvalue weighted by Crippen LogP contribution is 2.15. The van der Waals surface area contributed by atoms with Crippen LogP contribution in [0, 0.1) is 5.92 Å². The van der Waals surface area contributed by atoms with Crippen molar-refractivity contribution in [3.63, 3.8) is 0 Å². The van der Waals surface area contributed by atoms with E-state index in [1.165, 1.54) is 18.4 Å². The average Bonchev–Trinajstić information content (AvgIpc) is 3.00. The molecule has 1 aliphatic heterocycles. The quantitative estimate of drug-likeness (QED) is 0.697. The first-order valence-corrected chi connectivity index (χ1v) is 8.31. The first kappa shape index (κ1) is 15.6. The summed E-state index contributed by atoms with van der Waals surface area (Å²) in [6.45, 7) is 5.63. The highest BCUT2D eigenvalue weighted by Gasteiger charge is 2.17. The molecule has 0 saturated carbocycles. The fourth-order valence-corrected chi connectivity index (χ4v) is 3.06. The van der Waals surface area contributed by atoms with Gasteiger partial charge in [0.2, 0.25) is 0 Å². The van der Waals surface area contributed by atoms with Crippen molar-refractivity contribution in [2.75, 3.05) is 13.1 Å². The predicted octanol–water partition coefficient (Wildman–Crippen LogP) is 2.48. The number of rotatable bonds is 4. The maximum atomic E-state index is 6.17. The van der Waals surface area contributed by atoms with Crippen LogP contribution in [0.1, 0.15) is 31.2 Å². The first-order valence-electron chi connectivity index (χ1n) is 8.31. The largest absolute Gasteiger partial charge is 0.370 e. The molecule has 1 unspecified atom stereocenters. The predicted molar refractivity (Wildman–Crippen MR) is 93.1 cm³/mol. The van der Waals surface area contributed by atoms with E-state index < -0.39 is 0 Å². The summed E-state index contributed by atoms with van der Waals surface area (Å²) >= 11 is 0. The zero-order valence-electron chi connectivity index (χ0n) is 13.7. The Hall–Kier alpha value is -2.30. The molecular weight excluding hydrogens is 286 g/mol. The maximum Gasteiger partial charge on any atom is 0.191 e. The lowest BCUT2D eigenvalue weighted by Crippen LogP contribution is -2.43. The first-order chi connectivity index (χ1) is 11.2. The number of nitrogens with zero attached hydrogens (tertiary/aromatic N) is 4. The molecule has 2 heterocycles. The van der Waals surface area contributed by atoms with Gasteiger partial charge in [0.25, 0.3) is 0 Å². The molecule has 1 saturated heterocycles.